The summed E-state index contributed by atoms with van der Waals surface area (Å²) in [5.41, 5.74) is 3.60. The number of ether oxygens (including phenoxy) is 4. The van der Waals surface area contributed by atoms with E-state index in [2.05, 4.69) is 20.3 Å². The molecule has 0 fully saturated rings. The lowest BCUT2D eigenvalue weighted by molar-refractivity contribution is 0.0591. The van der Waals surface area contributed by atoms with E-state index in [1.54, 1.807) is 48.5 Å². The molecule has 14 heteroatoms. The highest BCUT2D eigenvalue weighted by Crippen LogP contribution is 2.21. The molecule has 4 aromatic rings. The maximum Gasteiger partial charge on any atom is 0.337 e. The summed E-state index contributed by atoms with van der Waals surface area (Å²) in [7, 11) is 2.40. The van der Waals surface area contributed by atoms with Crippen LogP contribution in [0.4, 0.5) is 11.4 Å². The van der Waals surface area contributed by atoms with Gasteiger partial charge in [0.05, 0.1) is 47.7 Å². The summed E-state index contributed by atoms with van der Waals surface area (Å²) >= 11 is 0. The van der Waals surface area contributed by atoms with Crippen molar-refractivity contribution in [3.8, 4) is 11.5 Å². The molecule has 0 saturated carbocycles. The lowest BCUT2D eigenvalue weighted by atomic mass is 10.0. The Morgan fingerprint density at radius 2 is 1.13 bits per heavy atom. The molecule has 14 nitrogen and oxygen atoms in total. The van der Waals surface area contributed by atoms with Crippen LogP contribution >= 0.6 is 0 Å². The van der Waals surface area contributed by atoms with E-state index in [-0.39, 0.29) is 46.8 Å². The van der Waals surface area contributed by atoms with Gasteiger partial charge in [0.2, 0.25) is 6.79 Å². The zero-order chi connectivity index (χ0) is 33.9. The Balaban J connectivity index is 1.26. The molecular weight excluding hydrogens is 616 g/mol. The maximum atomic E-state index is 12.8. The molecule has 4 N–H and O–H groups in total. The molecule has 0 aliphatic carbocycles. The van der Waals surface area contributed by atoms with Crippen molar-refractivity contribution >= 4 is 41.2 Å². The Morgan fingerprint density at radius 3 is 1.66 bits per heavy atom. The van der Waals surface area contributed by atoms with Crippen molar-refractivity contribution in [3.63, 3.8) is 0 Å². The number of aromatic carboxylic acids is 2. The zero-order valence-electron chi connectivity index (χ0n) is 25.0. The third kappa shape index (κ3) is 8.83. The van der Waals surface area contributed by atoms with Crippen LogP contribution < -0.4 is 20.3 Å². The molecule has 0 unspecified atom stereocenters. The minimum absolute atomic E-state index is 0.0142. The molecule has 47 heavy (non-hydrogen) atoms. The van der Waals surface area contributed by atoms with E-state index in [1.165, 1.54) is 38.5 Å². The van der Waals surface area contributed by atoms with Crippen LogP contribution in [0, 0.1) is 0 Å². The molecule has 0 saturated heterocycles. The molecule has 0 bridgehead atoms. The zero-order valence-corrected chi connectivity index (χ0v) is 25.0. The van der Waals surface area contributed by atoms with Gasteiger partial charge in [-0.15, -0.1) is 0 Å². The lowest BCUT2D eigenvalue weighted by Gasteiger charge is -2.12. The Kier molecular flexibility index (Phi) is 11.1. The number of carbonyl (C=O) groups is 5. The predicted octanol–water partition coefficient (Wildman–Crippen LogP) is 4.87. The number of hydrogen-bond acceptors (Lipinski definition) is 11. The molecule has 4 rings (SSSR count). The van der Waals surface area contributed by atoms with E-state index in [4.69, 9.17) is 14.3 Å². The number of carbonyl (C=O) groups excluding carboxylic acids is 3. The largest absolute Gasteiger partial charge is 0.478 e. The van der Waals surface area contributed by atoms with E-state index >= 15 is 0 Å². The highest BCUT2D eigenvalue weighted by molar-refractivity contribution is 6.11. The molecule has 0 radical (unpaired) electrons. The van der Waals surface area contributed by atoms with Crippen LogP contribution in [0.5, 0.6) is 11.5 Å². The van der Waals surface area contributed by atoms with Crippen molar-refractivity contribution in [1.29, 1.82) is 0 Å². The molecular formula is C33H28N2O12. The number of carboxylic acid groups (broad SMARTS) is 2. The SMILES string of the molecule is COC(=O)c1ccc(C(=O)O)c(CONc2ccc(OCOc3ccc(NC(=O)c4cc(C(=O)OC)ccc4C(=O)O)cc3)cc2)c1. The van der Waals surface area contributed by atoms with E-state index in [9.17, 15) is 34.2 Å². The fourth-order valence-corrected chi connectivity index (χ4v) is 4.14. The fraction of sp³-hybridized carbons (Fsp3) is 0.121. The molecule has 0 atom stereocenters. The highest BCUT2D eigenvalue weighted by Gasteiger charge is 2.20. The van der Waals surface area contributed by atoms with Gasteiger partial charge in [0.15, 0.2) is 0 Å². The number of anilines is 2. The van der Waals surface area contributed by atoms with Crippen LogP contribution in [0.15, 0.2) is 84.9 Å². The van der Waals surface area contributed by atoms with Crippen molar-refractivity contribution in [2.24, 2.45) is 0 Å². The Labute approximate surface area is 267 Å². The van der Waals surface area contributed by atoms with E-state index in [1.807, 2.05) is 0 Å². The summed E-state index contributed by atoms with van der Waals surface area (Å²) in [5.74, 6) is -3.64. The summed E-state index contributed by atoms with van der Waals surface area (Å²) in [4.78, 5) is 65.0. The predicted molar refractivity (Wildman–Crippen MR) is 165 cm³/mol. The number of methoxy groups -OCH3 is 2. The highest BCUT2D eigenvalue weighted by atomic mass is 16.7. The third-order valence-electron chi connectivity index (χ3n) is 6.51. The van der Waals surface area contributed by atoms with Crippen LogP contribution in [-0.4, -0.2) is 61.0 Å². The quantitative estimate of drug-likeness (QED) is 0.0825. The second-order valence-corrected chi connectivity index (χ2v) is 9.53. The van der Waals surface area contributed by atoms with Gasteiger partial charge in [0.1, 0.15) is 18.1 Å². The first-order valence-corrected chi connectivity index (χ1v) is 13.6. The molecule has 4 aromatic carbocycles. The van der Waals surface area contributed by atoms with Crippen LogP contribution in [0.3, 0.4) is 0 Å². The van der Waals surface area contributed by atoms with Crippen molar-refractivity contribution < 1.29 is 58.0 Å². The minimum atomic E-state index is -1.33. The van der Waals surface area contributed by atoms with E-state index in [0.29, 0.717) is 22.9 Å². The average molecular weight is 645 g/mol. The van der Waals surface area contributed by atoms with Gasteiger partial charge in [-0.05, 0) is 90.5 Å². The van der Waals surface area contributed by atoms with Crippen LogP contribution in [0.1, 0.15) is 57.4 Å². The van der Waals surface area contributed by atoms with Gasteiger partial charge >= 0.3 is 23.9 Å². The smallest absolute Gasteiger partial charge is 0.337 e. The molecule has 0 spiro atoms. The summed E-state index contributed by atoms with van der Waals surface area (Å²) in [6.07, 6.45) is 0. The van der Waals surface area contributed by atoms with Crippen LogP contribution in [0.25, 0.3) is 0 Å². The molecule has 0 aliphatic heterocycles. The topological polar surface area (TPSA) is 196 Å². The molecule has 1 amide bonds. The van der Waals surface area contributed by atoms with E-state index < -0.39 is 29.8 Å². The van der Waals surface area contributed by atoms with Gasteiger partial charge in [-0.25, -0.2) is 19.2 Å². The number of amides is 1. The van der Waals surface area contributed by atoms with Crippen LogP contribution in [0.2, 0.25) is 0 Å². The average Bonchev–Trinajstić information content (AvgIpc) is 3.08. The first-order valence-electron chi connectivity index (χ1n) is 13.6. The molecule has 0 aromatic heterocycles. The molecule has 0 heterocycles. The third-order valence-corrected chi connectivity index (χ3v) is 6.51. The number of carboxylic acids is 2. The second-order valence-electron chi connectivity index (χ2n) is 9.53. The summed E-state index contributed by atoms with van der Waals surface area (Å²) in [5, 5.41) is 21.5. The van der Waals surface area contributed by atoms with Gasteiger partial charge < -0.3 is 34.5 Å². The number of nitrogens with one attached hydrogen (secondary N) is 2. The Hall–Kier alpha value is -6.41. The summed E-state index contributed by atoms with van der Waals surface area (Å²) in [6, 6.07) is 20.5. The number of rotatable bonds is 14. The Morgan fingerprint density at radius 1 is 0.617 bits per heavy atom. The summed E-state index contributed by atoms with van der Waals surface area (Å²) < 4.78 is 20.5. The van der Waals surface area contributed by atoms with E-state index in [0.717, 1.165) is 12.1 Å². The molecule has 0 aliphatic rings. The first kappa shape index (κ1) is 33.5. The van der Waals surface area contributed by atoms with Gasteiger partial charge in [-0.3, -0.25) is 15.1 Å². The fourth-order valence-electron chi connectivity index (χ4n) is 4.14. The van der Waals surface area contributed by atoms with Gasteiger partial charge in [-0.1, -0.05) is 0 Å². The number of hydrogen-bond donors (Lipinski definition) is 4. The van der Waals surface area contributed by atoms with Crippen molar-refractivity contribution in [2.75, 3.05) is 31.8 Å². The minimum Gasteiger partial charge on any atom is -0.478 e. The summed E-state index contributed by atoms with van der Waals surface area (Å²) in [6.45, 7) is -0.293. The van der Waals surface area contributed by atoms with Crippen molar-refractivity contribution in [2.45, 2.75) is 6.61 Å². The normalized spacial score (nSPS) is 10.3. The maximum absolute atomic E-state index is 12.8. The Bertz CT molecular complexity index is 1790. The van der Waals surface area contributed by atoms with Crippen molar-refractivity contribution in [3.05, 3.63) is 118 Å². The van der Waals surface area contributed by atoms with Gasteiger partial charge in [0, 0.05) is 5.69 Å². The van der Waals surface area contributed by atoms with Gasteiger partial charge in [0.25, 0.3) is 5.91 Å². The monoisotopic (exact) mass is 644 g/mol. The van der Waals surface area contributed by atoms with Crippen molar-refractivity contribution in [1.82, 2.24) is 0 Å². The van der Waals surface area contributed by atoms with Crippen LogP contribution in [-0.2, 0) is 20.9 Å². The lowest BCUT2D eigenvalue weighted by Crippen LogP contribution is -2.17. The number of esters is 2. The standard InChI is InChI=1S/C33H28N2O12/c1-43-32(41)19-3-13-26(30(37)38)21(15-19)17-47-35-23-7-11-25(12-8-23)46-18-45-24-9-5-22(6-10-24)34-29(36)28-16-20(33(42)44-2)4-14-27(28)31(39)40/h3-16,35H,17-18H2,1-2H3,(H,34,36)(H,37,38)(H,39,40). The second kappa shape index (κ2) is 15.5. The first-order chi connectivity index (χ1) is 22.6. The van der Waals surface area contributed by atoms with Gasteiger partial charge in [-0.2, -0.15) is 0 Å². The molecule has 242 valence electrons. The number of benzene rings is 4.